The van der Waals surface area contributed by atoms with Crippen LogP contribution in [0.1, 0.15) is 25.3 Å². The fourth-order valence-electron chi connectivity index (χ4n) is 3.91. The summed E-state index contributed by atoms with van der Waals surface area (Å²) in [6.45, 7) is 4.73. The van der Waals surface area contributed by atoms with Crippen molar-refractivity contribution in [1.82, 2.24) is 9.88 Å². The van der Waals surface area contributed by atoms with Crippen molar-refractivity contribution in [2.24, 2.45) is 0 Å². The van der Waals surface area contributed by atoms with Crippen molar-refractivity contribution in [3.8, 4) is 22.1 Å². The van der Waals surface area contributed by atoms with E-state index in [1.165, 1.54) is 0 Å². The second kappa shape index (κ2) is 8.24. The molecule has 1 atom stereocenters. The molecule has 3 heterocycles. The van der Waals surface area contributed by atoms with E-state index < -0.39 is 0 Å². The smallest absolute Gasteiger partial charge is 0.222 e. The average Bonchev–Trinajstić information content (AvgIpc) is 3.38. The van der Waals surface area contributed by atoms with Crippen molar-refractivity contribution in [3.63, 3.8) is 0 Å². The zero-order valence-corrected chi connectivity index (χ0v) is 17.7. The van der Waals surface area contributed by atoms with Crippen molar-refractivity contribution in [3.05, 3.63) is 42.0 Å². The van der Waals surface area contributed by atoms with Crippen molar-refractivity contribution in [2.45, 2.75) is 32.4 Å². The first kappa shape index (κ1) is 19.3. The number of rotatable bonds is 4. The Morgan fingerprint density at radius 3 is 3.00 bits per heavy atom. The summed E-state index contributed by atoms with van der Waals surface area (Å²) < 4.78 is 19.0. The molecule has 1 saturated heterocycles. The van der Waals surface area contributed by atoms with E-state index in [2.05, 4.69) is 12.1 Å². The Hall–Kier alpha value is -2.64. The summed E-state index contributed by atoms with van der Waals surface area (Å²) in [5, 5.41) is 0.934. The molecule has 2 aliphatic heterocycles. The van der Waals surface area contributed by atoms with Crippen LogP contribution in [0.4, 0.5) is 0 Å². The van der Waals surface area contributed by atoms with E-state index in [1.54, 1.807) is 11.3 Å². The third-order valence-corrected chi connectivity index (χ3v) is 6.56. The maximum Gasteiger partial charge on any atom is 0.222 e. The van der Waals surface area contributed by atoms with Gasteiger partial charge in [-0.1, -0.05) is 19.1 Å². The third-order valence-electron chi connectivity index (χ3n) is 5.48. The predicted molar refractivity (Wildman–Crippen MR) is 116 cm³/mol. The van der Waals surface area contributed by atoms with Gasteiger partial charge < -0.3 is 19.1 Å². The number of fused-ring (bicyclic) bond motifs is 2. The topological polar surface area (TPSA) is 60.9 Å². The van der Waals surface area contributed by atoms with Crippen LogP contribution in [0.3, 0.4) is 0 Å². The van der Waals surface area contributed by atoms with Crippen LogP contribution in [0.5, 0.6) is 11.5 Å². The van der Waals surface area contributed by atoms with Crippen molar-refractivity contribution >= 4 is 27.5 Å². The highest BCUT2D eigenvalue weighted by Gasteiger charge is 2.26. The number of hydrogen-bond donors (Lipinski definition) is 0. The SMILES string of the molecule is CCC(=O)N1CCOc2c(cc(-c3nc4ccccc4s3)cc2OC2CCOC2)C1. The van der Waals surface area contributed by atoms with Gasteiger partial charge in [0.2, 0.25) is 5.91 Å². The lowest BCUT2D eigenvalue weighted by Crippen LogP contribution is -2.31. The van der Waals surface area contributed by atoms with Gasteiger partial charge in [-0.3, -0.25) is 4.79 Å². The van der Waals surface area contributed by atoms with E-state index in [-0.39, 0.29) is 12.0 Å². The quantitative estimate of drug-likeness (QED) is 0.626. The molecule has 0 N–H and O–H groups in total. The maximum atomic E-state index is 12.4. The van der Waals surface area contributed by atoms with Gasteiger partial charge in [-0.2, -0.15) is 0 Å². The second-order valence-corrected chi connectivity index (χ2v) is 8.60. The molecule has 1 fully saturated rings. The molecule has 0 aliphatic carbocycles. The van der Waals surface area contributed by atoms with E-state index in [9.17, 15) is 4.79 Å². The summed E-state index contributed by atoms with van der Waals surface area (Å²) in [4.78, 5) is 19.1. The molecule has 0 spiro atoms. The van der Waals surface area contributed by atoms with Gasteiger partial charge >= 0.3 is 0 Å². The Morgan fingerprint density at radius 2 is 2.20 bits per heavy atom. The minimum atomic E-state index is 0.0138. The Morgan fingerprint density at radius 1 is 1.30 bits per heavy atom. The van der Waals surface area contributed by atoms with Gasteiger partial charge in [0.05, 0.1) is 30.0 Å². The summed E-state index contributed by atoms with van der Waals surface area (Å²) in [6, 6.07) is 12.2. The first-order valence-corrected chi connectivity index (χ1v) is 11.2. The highest BCUT2D eigenvalue weighted by Crippen LogP contribution is 2.41. The number of aromatic nitrogens is 1. The highest BCUT2D eigenvalue weighted by molar-refractivity contribution is 7.21. The highest BCUT2D eigenvalue weighted by atomic mass is 32.1. The minimum Gasteiger partial charge on any atom is -0.487 e. The number of thiazole rings is 1. The average molecular weight is 425 g/mol. The van der Waals surface area contributed by atoms with Gasteiger partial charge in [0.25, 0.3) is 0 Å². The van der Waals surface area contributed by atoms with Crippen molar-refractivity contribution < 1.29 is 19.0 Å². The molecule has 5 rings (SSSR count). The lowest BCUT2D eigenvalue weighted by Gasteiger charge is -2.20. The number of carbonyl (C=O) groups excluding carboxylic acids is 1. The van der Waals surface area contributed by atoms with E-state index in [4.69, 9.17) is 19.2 Å². The Kier molecular flexibility index (Phi) is 5.31. The molecule has 156 valence electrons. The van der Waals surface area contributed by atoms with E-state index in [0.717, 1.165) is 38.5 Å². The van der Waals surface area contributed by atoms with Crippen LogP contribution < -0.4 is 9.47 Å². The zero-order valence-electron chi connectivity index (χ0n) is 16.9. The number of amides is 1. The third kappa shape index (κ3) is 3.75. The zero-order chi connectivity index (χ0) is 20.5. The van der Waals surface area contributed by atoms with Crippen LogP contribution in [0, 0.1) is 0 Å². The monoisotopic (exact) mass is 424 g/mol. The summed E-state index contributed by atoms with van der Waals surface area (Å²) in [7, 11) is 0. The lowest BCUT2D eigenvalue weighted by molar-refractivity contribution is -0.131. The van der Waals surface area contributed by atoms with Gasteiger partial charge in [-0.25, -0.2) is 4.98 Å². The molecule has 6 nitrogen and oxygen atoms in total. The number of carbonyl (C=O) groups is 1. The molecule has 2 aromatic carbocycles. The van der Waals surface area contributed by atoms with Gasteiger partial charge in [0, 0.05) is 30.5 Å². The fourth-order valence-corrected chi connectivity index (χ4v) is 4.87. The molecule has 0 bridgehead atoms. The first-order valence-electron chi connectivity index (χ1n) is 10.4. The first-order chi connectivity index (χ1) is 14.7. The maximum absolute atomic E-state index is 12.4. The summed E-state index contributed by atoms with van der Waals surface area (Å²) >= 11 is 1.66. The van der Waals surface area contributed by atoms with Gasteiger partial charge in [0.1, 0.15) is 17.7 Å². The standard InChI is InChI=1S/C23H24N2O4S/c1-2-21(26)25-8-10-28-22-16(13-25)11-15(12-19(22)29-17-7-9-27-14-17)23-24-18-5-3-4-6-20(18)30-23/h3-6,11-12,17H,2,7-10,13-14H2,1H3. The summed E-state index contributed by atoms with van der Waals surface area (Å²) in [5.74, 6) is 1.57. The Bertz CT molecular complexity index is 1040. The van der Waals surface area contributed by atoms with Crippen LogP contribution in [-0.2, 0) is 16.1 Å². The Balaban J connectivity index is 1.58. The van der Waals surface area contributed by atoms with Crippen LogP contribution >= 0.6 is 11.3 Å². The predicted octanol–water partition coefficient (Wildman–Crippen LogP) is 4.26. The largest absolute Gasteiger partial charge is 0.487 e. The summed E-state index contributed by atoms with van der Waals surface area (Å²) in [6.07, 6.45) is 1.36. The number of hydrogen-bond acceptors (Lipinski definition) is 6. The minimum absolute atomic E-state index is 0.0138. The fraction of sp³-hybridized carbons (Fsp3) is 0.391. The van der Waals surface area contributed by atoms with Crippen LogP contribution in [0.25, 0.3) is 20.8 Å². The molecule has 1 aromatic heterocycles. The van der Waals surface area contributed by atoms with E-state index >= 15 is 0 Å². The van der Waals surface area contributed by atoms with Crippen LogP contribution in [-0.4, -0.2) is 48.3 Å². The molecule has 30 heavy (non-hydrogen) atoms. The Labute approximate surface area is 179 Å². The number of ether oxygens (including phenoxy) is 3. The van der Waals surface area contributed by atoms with Crippen molar-refractivity contribution in [1.29, 1.82) is 0 Å². The molecule has 3 aromatic rings. The molecular weight excluding hydrogens is 400 g/mol. The molecule has 7 heteroatoms. The molecule has 2 aliphatic rings. The summed E-state index contributed by atoms with van der Waals surface area (Å²) in [5.41, 5.74) is 2.93. The van der Waals surface area contributed by atoms with Crippen molar-refractivity contribution in [2.75, 3.05) is 26.4 Å². The van der Waals surface area contributed by atoms with Gasteiger partial charge in [0.15, 0.2) is 11.5 Å². The number of nitrogens with zero attached hydrogens (tertiary/aromatic N) is 2. The van der Waals surface area contributed by atoms with Gasteiger partial charge in [-0.05, 0) is 24.3 Å². The normalized spacial score (nSPS) is 18.7. The molecule has 0 saturated carbocycles. The van der Waals surface area contributed by atoms with E-state index in [0.29, 0.717) is 45.1 Å². The lowest BCUT2D eigenvalue weighted by atomic mass is 10.1. The molecular formula is C23H24N2O4S. The molecule has 0 radical (unpaired) electrons. The molecule has 1 unspecified atom stereocenters. The van der Waals surface area contributed by atoms with Crippen LogP contribution in [0.2, 0.25) is 0 Å². The second-order valence-electron chi connectivity index (χ2n) is 7.57. The van der Waals surface area contributed by atoms with Gasteiger partial charge in [-0.15, -0.1) is 11.3 Å². The number of para-hydroxylation sites is 1. The number of benzene rings is 2. The van der Waals surface area contributed by atoms with E-state index in [1.807, 2.05) is 36.1 Å². The molecule has 1 amide bonds. The van der Waals surface area contributed by atoms with Crippen LogP contribution in [0.15, 0.2) is 36.4 Å².